The third kappa shape index (κ3) is 3.37. The van der Waals surface area contributed by atoms with Crippen LogP contribution < -0.4 is 24.6 Å². The number of aromatic nitrogens is 2. The first-order valence-electron chi connectivity index (χ1n) is 10.5. The molecule has 0 bridgehead atoms. The summed E-state index contributed by atoms with van der Waals surface area (Å²) in [5.74, 6) is 2.18. The minimum Gasteiger partial charge on any atom is -0.493 e. The molecule has 8 nitrogen and oxygen atoms in total. The average molecular weight is 419 g/mol. The summed E-state index contributed by atoms with van der Waals surface area (Å²) in [6.45, 7) is 2.19. The van der Waals surface area contributed by atoms with Crippen LogP contribution in [0.5, 0.6) is 11.5 Å². The van der Waals surface area contributed by atoms with Gasteiger partial charge in [0.25, 0.3) is 0 Å². The Hall–Kier alpha value is -3.55. The Labute approximate surface area is 180 Å². The maximum Gasteiger partial charge on any atom is 0.322 e. The zero-order chi connectivity index (χ0) is 21.4. The van der Waals surface area contributed by atoms with E-state index in [1.807, 2.05) is 35.2 Å². The largest absolute Gasteiger partial charge is 0.493 e. The summed E-state index contributed by atoms with van der Waals surface area (Å²) in [4.78, 5) is 25.9. The molecule has 31 heavy (non-hydrogen) atoms. The van der Waals surface area contributed by atoms with Crippen molar-refractivity contribution >= 4 is 28.4 Å². The number of carbonyl (C=O) groups is 1. The number of benzene rings is 2. The molecule has 5 rings (SSSR count). The molecule has 0 saturated carbocycles. The van der Waals surface area contributed by atoms with Crippen LogP contribution in [-0.2, 0) is 6.54 Å². The van der Waals surface area contributed by atoms with Gasteiger partial charge in [-0.2, -0.15) is 0 Å². The van der Waals surface area contributed by atoms with Gasteiger partial charge >= 0.3 is 6.03 Å². The molecule has 1 fully saturated rings. The zero-order valence-electron chi connectivity index (χ0n) is 17.7. The fraction of sp³-hybridized carbons (Fsp3) is 0.348. The fourth-order valence-corrected chi connectivity index (χ4v) is 4.58. The van der Waals surface area contributed by atoms with Gasteiger partial charge in [-0.3, -0.25) is 4.90 Å². The van der Waals surface area contributed by atoms with Crippen molar-refractivity contribution in [1.82, 2.24) is 15.3 Å². The lowest BCUT2D eigenvalue weighted by Crippen LogP contribution is -2.53. The van der Waals surface area contributed by atoms with Crippen LogP contribution in [0, 0.1) is 0 Å². The molecule has 0 aliphatic carbocycles. The van der Waals surface area contributed by atoms with E-state index < -0.39 is 0 Å². The number of piperidine rings is 1. The summed E-state index contributed by atoms with van der Waals surface area (Å²) in [6.07, 6.45) is 3.31. The summed E-state index contributed by atoms with van der Waals surface area (Å²) in [5.41, 5.74) is 3.00. The topological polar surface area (TPSA) is 79.8 Å². The summed E-state index contributed by atoms with van der Waals surface area (Å²) >= 11 is 0. The van der Waals surface area contributed by atoms with Gasteiger partial charge in [0.05, 0.1) is 25.4 Å². The Morgan fingerprint density at radius 2 is 1.77 bits per heavy atom. The molecule has 3 heterocycles. The Kier molecular flexibility index (Phi) is 4.97. The molecule has 0 atom stereocenters. The lowest BCUT2D eigenvalue weighted by Gasteiger charge is -2.41. The third-order valence-electron chi connectivity index (χ3n) is 6.15. The number of rotatable bonds is 4. The summed E-state index contributed by atoms with van der Waals surface area (Å²) in [5, 5.41) is 3.93. The standard InChI is InChI=1S/C23H25N5O3/c1-30-20-11-17-18(12-21(20)31-2)25-14-26-22(17)27-9-7-16(8-10-27)28-19-6-4-3-5-15(19)13-24-23(28)29/h3-6,11-12,14,16H,7-10,13H2,1-2H3,(H,24,29). The highest BCUT2D eigenvalue weighted by Crippen LogP contribution is 2.36. The molecule has 1 N–H and O–H groups in total. The van der Waals surface area contributed by atoms with E-state index in [2.05, 4.69) is 26.3 Å². The lowest BCUT2D eigenvalue weighted by atomic mass is 9.99. The number of anilines is 2. The number of fused-ring (bicyclic) bond motifs is 2. The minimum absolute atomic E-state index is 0.0125. The SMILES string of the molecule is COc1cc2ncnc(N3CCC(N4C(=O)NCc5ccccc54)CC3)c2cc1OC. The van der Waals surface area contributed by atoms with Crippen LogP contribution in [-0.4, -0.2) is 49.4 Å². The number of nitrogens with one attached hydrogen (secondary N) is 1. The normalized spacial score (nSPS) is 16.8. The Balaban J connectivity index is 1.40. The summed E-state index contributed by atoms with van der Waals surface area (Å²) in [6, 6.07) is 12.1. The summed E-state index contributed by atoms with van der Waals surface area (Å²) < 4.78 is 10.9. The van der Waals surface area contributed by atoms with Crippen LogP contribution in [0.1, 0.15) is 18.4 Å². The number of ether oxygens (including phenoxy) is 2. The average Bonchev–Trinajstić information content (AvgIpc) is 2.83. The fourth-order valence-electron chi connectivity index (χ4n) is 4.58. The third-order valence-corrected chi connectivity index (χ3v) is 6.15. The molecule has 8 heteroatoms. The molecule has 2 aliphatic rings. The Morgan fingerprint density at radius 1 is 1.03 bits per heavy atom. The van der Waals surface area contributed by atoms with Gasteiger partial charge < -0.3 is 19.7 Å². The minimum atomic E-state index is -0.0125. The first-order valence-corrected chi connectivity index (χ1v) is 10.5. The first kappa shape index (κ1) is 19.4. The van der Waals surface area contributed by atoms with Gasteiger partial charge in [0.15, 0.2) is 11.5 Å². The molecule has 1 aromatic heterocycles. The highest BCUT2D eigenvalue weighted by atomic mass is 16.5. The van der Waals surface area contributed by atoms with Gasteiger partial charge in [-0.25, -0.2) is 14.8 Å². The number of hydrogen-bond acceptors (Lipinski definition) is 6. The van der Waals surface area contributed by atoms with E-state index in [9.17, 15) is 4.79 Å². The molecule has 2 aliphatic heterocycles. The van der Waals surface area contributed by atoms with Crippen LogP contribution in [0.25, 0.3) is 10.9 Å². The molecule has 2 amide bonds. The molecular weight excluding hydrogens is 394 g/mol. The van der Waals surface area contributed by atoms with Gasteiger partial charge in [0, 0.05) is 37.1 Å². The first-order chi connectivity index (χ1) is 15.2. The molecule has 0 radical (unpaired) electrons. The molecule has 0 unspecified atom stereocenters. The van der Waals surface area contributed by atoms with Gasteiger partial charge in [-0.05, 0) is 30.5 Å². The molecular formula is C23H25N5O3. The van der Waals surface area contributed by atoms with Crippen molar-refractivity contribution in [3.8, 4) is 11.5 Å². The predicted molar refractivity (Wildman–Crippen MR) is 119 cm³/mol. The van der Waals surface area contributed by atoms with E-state index in [4.69, 9.17) is 9.47 Å². The van der Waals surface area contributed by atoms with Crippen molar-refractivity contribution in [1.29, 1.82) is 0 Å². The lowest BCUT2D eigenvalue weighted by molar-refractivity contribution is 0.240. The van der Waals surface area contributed by atoms with Crippen molar-refractivity contribution in [2.75, 3.05) is 37.1 Å². The smallest absolute Gasteiger partial charge is 0.322 e. The van der Waals surface area contributed by atoms with Gasteiger partial charge in [-0.1, -0.05) is 18.2 Å². The second-order valence-corrected chi connectivity index (χ2v) is 7.80. The van der Waals surface area contributed by atoms with E-state index >= 15 is 0 Å². The molecule has 2 aromatic carbocycles. The van der Waals surface area contributed by atoms with Crippen LogP contribution in [0.3, 0.4) is 0 Å². The monoisotopic (exact) mass is 419 g/mol. The van der Waals surface area contributed by atoms with Gasteiger partial charge in [0.1, 0.15) is 12.1 Å². The second-order valence-electron chi connectivity index (χ2n) is 7.80. The number of amides is 2. The van der Waals surface area contributed by atoms with E-state index in [1.54, 1.807) is 20.5 Å². The number of carbonyl (C=O) groups excluding carboxylic acids is 1. The Bertz CT molecular complexity index is 1130. The van der Waals surface area contributed by atoms with Crippen LogP contribution in [0.15, 0.2) is 42.7 Å². The van der Waals surface area contributed by atoms with Crippen molar-refractivity contribution in [3.63, 3.8) is 0 Å². The highest BCUT2D eigenvalue weighted by molar-refractivity contribution is 5.95. The van der Waals surface area contributed by atoms with Gasteiger partial charge in [0.2, 0.25) is 0 Å². The van der Waals surface area contributed by atoms with Crippen molar-refractivity contribution in [2.24, 2.45) is 0 Å². The summed E-state index contributed by atoms with van der Waals surface area (Å²) in [7, 11) is 3.24. The Morgan fingerprint density at radius 3 is 2.55 bits per heavy atom. The number of hydrogen-bond donors (Lipinski definition) is 1. The number of para-hydroxylation sites is 1. The highest BCUT2D eigenvalue weighted by Gasteiger charge is 2.33. The molecule has 160 valence electrons. The molecule has 3 aromatic rings. The van der Waals surface area contributed by atoms with E-state index in [-0.39, 0.29) is 12.1 Å². The quantitative estimate of drug-likeness (QED) is 0.699. The predicted octanol–water partition coefficient (Wildman–Crippen LogP) is 3.35. The van der Waals surface area contributed by atoms with E-state index in [1.165, 1.54) is 0 Å². The number of urea groups is 1. The number of nitrogens with zero attached hydrogens (tertiary/aromatic N) is 4. The van der Waals surface area contributed by atoms with Gasteiger partial charge in [-0.15, -0.1) is 0 Å². The second kappa shape index (κ2) is 7.94. The van der Waals surface area contributed by atoms with Crippen LogP contribution in [0.4, 0.5) is 16.3 Å². The van der Waals surface area contributed by atoms with Crippen molar-refractivity contribution in [3.05, 3.63) is 48.3 Å². The number of methoxy groups -OCH3 is 2. The van der Waals surface area contributed by atoms with Crippen LogP contribution in [0.2, 0.25) is 0 Å². The maximum absolute atomic E-state index is 12.7. The van der Waals surface area contributed by atoms with E-state index in [0.717, 1.165) is 53.9 Å². The van der Waals surface area contributed by atoms with E-state index in [0.29, 0.717) is 18.0 Å². The van der Waals surface area contributed by atoms with Crippen molar-refractivity contribution < 1.29 is 14.3 Å². The maximum atomic E-state index is 12.7. The zero-order valence-corrected chi connectivity index (χ0v) is 17.7. The van der Waals surface area contributed by atoms with Crippen molar-refractivity contribution in [2.45, 2.75) is 25.4 Å². The molecule has 1 saturated heterocycles. The molecule has 0 spiro atoms. The van der Waals surface area contributed by atoms with Crippen LogP contribution >= 0.6 is 0 Å².